The minimum absolute atomic E-state index is 0.794. The number of ether oxygens (including phenoxy) is 1. The third-order valence-electron chi connectivity index (χ3n) is 2.68. The van der Waals surface area contributed by atoms with Crippen molar-refractivity contribution in [2.24, 2.45) is 0 Å². The summed E-state index contributed by atoms with van der Waals surface area (Å²) in [5, 5.41) is 3.34. The van der Waals surface area contributed by atoms with Crippen molar-refractivity contribution in [3.05, 3.63) is 54.6 Å². The van der Waals surface area contributed by atoms with Gasteiger partial charge in [0.15, 0.2) is 0 Å². The molecule has 0 aromatic heterocycles. The van der Waals surface area contributed by atoms with E-state index >= 15 is 0 Å². The van der Waals surface area contributed by atoms with Crippen LogP contribution in [0.4, 0.5) is 11.4 Å². The molecule has 18 heavy (non-hydrogen) atoms. The fraction of sp³-hybridized carbons (Fsp3) is 0.250. The molecule has 0 radical (unpaired) electrons. The number of hydrogen-bond acceptors (Lipinski definition) is 2. The van der Waals surface area contributed by atoms with Gasteiger partial charge >= 0.3 is 0 Å². The molecule has 2 heteroatoms. The van der Waals surface area contributed by atoms with E-state index in [1.54, 1.807) is 0 Å². The summed E-state index contributed by atoms with van der Waals surface area (Å²) in [5.41, 5.74) is 2.17. The zero-order chi connectivity index (χ0) is 12.6. The van der Waals surface area contributed by atoms with Crippen LogP contribution in [0.15, 0.2) is 54.6 Å². The van der Waals surface area contributed by atoms with Gasteiger partial charge in [0.05, 0.1) is 6.61 Å². The van der Waals surface area contributed by atoms with Crippen molar-refractivity contribution in [3.8, 4) is 5.75 Å². The first-order valence-corrected chi connectivity index (χ1v) is 6.43. The molecule has 0 heterocycles. The molecule has 2 aromatic carbocycles. The van der Waals surface area contributed by atoms with Crippen molar-refractivity contribution in [1.29, 1.82) is 0 Å². The van der Waals surface area contributed by atoms with E-state index in [1.807, 2.05) is 54.6 Å². The molecule has 2 nitrogen and oxygen atoms in total. The van der Waals surface area contributed by atoms with Crippen molar-refractivity contribution in [3.63, 3.8) is 0 Å². The highest BCUT2D eigenvalue weighted by Crippen LogP contribution is 2.19. The van der Waals surface area contributed by atoms with Crippen molar-refractivity contribution in [2.75, 3.05) is 11.9 Å². The summed E-state index contributed by atoms with van der Waals surface area (Å²) in [5.74, 6) is 0.932. The van der Waals surface area contributed by atoms with Crippen LogP contribution in [0.1, 0.15) is 19.8 Å². The molecule has 0 unspecified atom stereocenters. The average molecular weight is 241 g/mol. The van der Waals surface area contributed by atoms with E-state index < -0.39 is 0 Å². The van der Waals surface area contributed by atoms with Crippen molar-refractivity contribution in [2.45, 2.75) is 19.8 Å². The van der Waals surface area contributed by atoms with E-state index in [-0.39, 0.29) is 0 Å². The number of nitrogens with one attached hydrogen (secondary N) is 1. The normalized spacial score (nSPS) is 10.1. The van der Waals surface area contributed by atoms with Crippen molar-refractivity contribution < 1.29 is 4.74 Å². The highest BCUT2D eigenvalue weighted by Gasteiger charge is 1.96. The van der Waals surface area contributed by atoms with Crippen LogP contribution in [0, 0.1) is 0 Å². The SMILES string of the molecule is CCCCOc1ccc(Nc2ccccc2)cc1. The zero-order valence-electron chi connectivity index (χ0n) is 10.7. The smallest absolute Gasteiger partial charge is 0.119 e. The monoisotopic (exact) mass is 241 g/mol. The third kappa shape index (κ3) is 3.81. The van der Waals surface area contributed by atoms with Crippen LogP contribution in [0.2, 0.25) is 0 Å². The van der Waals surface area contributed by atoms with Gasteiger partial charge in [0.2, 0.25) is 0 Å². The molecule has 2 aromatic rings. The van der Waals surface area contributed by atoms with E-state index in [9.17, 15) is 0 Å². The topological polar surface area (TPSA) is 21.3 Å². The minimum Gasteiger partial charge on any atom is -0.494 e. The van der Waals surface area contributed by atoms with Crippen LogP contribution in [-0.2, 0) is 0 Å². The lowest BCUT2D eigenvalue weighted by Gasteiger charge is -2.08. The number of rotatable bonds is 6. The zero-order valence-corrected chi connectivity index (χ0v) is 10.7. The van der Waals surface area contributed by atoms with Gasteiger partial charge in [0, 0.05) is 11.4 Å². The Morgan fingerprint density at radius 3 is 2.22 bits per heavy atom. The standard InChI is InChI=1S/C16H19NO/c1-2-3-13-18-16-11-9-15(10-12-16)17-14-7-5-4-6-8-14/h4-12,17H,2-3,13H2,1H3. The molecule has 0 aliphatic heterocycles. The molecule has 0 bridgehead atoms. The van der Waals surface area contributed by atoms with Gasteiger partial charge in [-0.1, -0.05) is 31.5 Å². The van der Waals surface area contributed by atoms with E-state index in [4.69, 9.17) is 4.74 Å². The molecule has 94 valence electrons. The summed E-state index contributed by atoms with van der Waals surface area (Å²) in [4.78, 5) is 0. The lowest BCUT2D eigenvalue weighted by molar-refractivity contribution is 0.309. The maximum absolute atomic E-state index is 5.62. The second-order valence-corrected chi connectivity index (χ2v) is 4.22. The van der Waals surface area contributed by atoms with E-state index in [0.29, 0.717) is 0 Å². The summed E-state index contributed by atoms with van der Waals surface area (Å²) in [6.07, 6.45) is 2.26. The maximum Gasteiger partial charge on any atom is 0.119 e. The Kier molecular flexibility index (Phi) is 4.65. The van der Waals surface area contributed by atoms with E-state index in [0.717, 1.165) is 36.6 Å². The third-order valence-corrected chi connectivity index (χ3v) is 2.68. The second-order valence-electron chi connectivity index (χ2n) is 4.22. The first-order chi connectivity index (χ1) is 8.88. The summed E-state index contributed by atoms with van der Waals surface area (Å²) < 4.78 is 5.62. The number of benzene rings is 2. The van der Waals surface area contributed by atoms with Gasteiger partial charge in [0.1, 0.15) is 5.75 Å². The Morgan fingerprint density at radius 2 is 1.56 bits per heavy atom. The molecule has 2 rings (SSSR count). The molecule has 0 saturated carbocycles. The van der Waals surface area contributed by atoms with Gasteiger partial charge < -0.3 is 10.1 Å². The van der Waals surface area contributed by atoms with Crippen LogP contribution in [0.3, 0.4) is 0 Å². The predicted octanol–water partition coefficient (Wildman–Crippen LogP) is 4.61. The van der Waals surface area contributed by atoms with Crippen LogP contribution >= 0.6 is 0 Å². The van der Waals surface area contributed by atoms with Crippen LogP contribution in [0.5, 0.6) is 5.75 Å². The summed E-state index contributed by atoms with van der Waals surface area (Å²) >= 11 is 0. The van der Waals surface area contributed by atoms with Gasteiger partial charge in [-0.2, -0.15) is 0 Å². The quantitative estimate of drug-likeness (QED) is 0.746. The molecule has 0 aliphatic rings. The van der Waals surface area contributed by atoms with Gasteiger partial charge in [-0.15, -0.1) is 0 Å². The molecule has 0 atom stereocenters. The van der Waals surface area contributed by atoms with E-state index in [2.05, 4.69) is 12.2 Å². The van der Waals surface area contributed by atoms with Crippen molar-refractivity contribution >= 4 is 11.4 Å². The second kappa shape index (κ2) is 6.70. The first kappa shape index (κ1) is 12.5. The average Bonchev–Trinajstić information content (AvgIpc) is 2.42. The Hall–Kier alpha value is -1.96. The summed E-state index contributed by atoms with van der Waals surface area (Å²) in [7, 11) is 0. The summed E-state index contributed by atoms with van der Waals surface area (Å²) in [6.45, 7) is 2.96. The lowest BCUT2D eigenvalue weighted by atomic mass is 10.2. The number of anilines is 2. The molecule has 0 aliphatic carbocycles. The Balaban J connectivity index is 1.91. The van der Waals surface area contributed by atoms with Crippen molar-refractivity contribution in [1.82, 2.24) is 0 Å². The molecule has 1 N–H and O–H groups in total. The van der Waals surface area contributed by atoms with Crippen LogP contribution in [-0.4, -0.2) is 6.61 Å². The molecule has 0 saturated heterocycles. The van der Waals surface area contributed by atoms with E-state index in [1.165, 1.54) is 0 Å². The number of para-hydroxylation sites is 1. The van der Waals surface area contributed by atoms with Gasteiger partial charge in [0.25, 0.3) is 0 Å². The van der Waals surface area contributed by atoms with Gasteiger partial charge in [-0.3, -0.25) is 0 Å². The molecular weight excluding hydrogens is 222 g/mol. The van der Waals surface area contributed by atoms with Gasteiger partial charge in [-0.05, 0) is 42.8 Å². The molecular formula is C16H19NO. The Bertz CT molecular complexity index is 450. The van der Waals surface area contributed by atoms with Gasteiger partial charge in [-0.25, -0.2) is 0 Å². The number of unbranched alkanes of at least 4 members (excludes halogenated alkanes) is 1. The van der Waals surface area contributed by atoms with Crippen LogP contribution in [0.25, 0.3) is 0 Å². The fourth-order valence-corrected chi connectivity index (χ4v) is 1.66. The highest BCUT2D eigenvalue weighted by molar-refractivity contribution is 5.59. The predicted molar refractivity (Wildman–Crippen MR) is 76.6 cm³/mol. The minimum atomic E-state index is 0.794. The Morgan fingerprint density at radius 1 is 0.889 bits per heavy atom. The summed E-state index contributed by atoms with van der Waals surface area (Å²) in [6, 6.07) is 18.2. The first-order valence-electron chi connectivity index (χ1n) is 6.43. The molecule has 0 amide bonds. The number of hydrogen-bond donors (Lipinski definition) is 1. The largest absolute Gasteiger partial charge is 0.494 e. The van der Waals surface area contributed by atoms with Crippen LogP contribution < -0.4 is 10.1 Å². The lowest BCUT2D eigenvalue weighted by Crippen LogP contribution is -1.96. The molecule has 0 spiro atoms. The highest BCUT2D eigenvalue weighted by atomic mass is 16.5. The Labute approximate surface area is 109 Å². The maximum atomic E-state index is 5.62. The molecule has 0 fully saturated rings. The fourth-order valence-electron chi connectivity index (χ4n) is 1.66.